The number of nitrogens with one attached hydrogen (secondary N) is 1. The minimum absolute atomic E-state index is 0.0802. The predicted octanol–water partition coefficient (Wildman–Crippen LogP) is 3.18. The van der Waals surface area contributed by atoms with E-state index in [4.69, 9.17) is 0 Å². The lowest BCUT2D eigenvalue weighted by Gasteiger charge is -2.25. The molecule has 0 bridgehead atoms. The molecule has 0 amide bonds. The van der Waals surface area contributed by atoms with E-state index in [1.807, 2.05) is 12.1 Å². The summed E-state index contributed by atoms with van der Waals surface area (Å²) in [5.74, 6) is -0.0802. The zero-order valence-corrected chi connectivity index (χ0v) is 11.9. The van der Waals surface area contributed by atoms with Crippen molar-refractivity contribution >= 4 is 0 Å². The zero-order chi connectivity index (χ0) is 13.5. The smallest absolute Gasteiger partial charge is 0.127 e. The summed E-state index contributed by atoms with van der Waals surface area (Å²) < 4.78 is 13.7. The molecule has 0 radical (unpaired) electrons. The molecule has 1 N–H and O–H groups in total. The monoisotopic (exact) mass is 264 g/mol. The second-order valence-corrected chi connectivity index (χ2v) is 5.47. The van der Waals surface area contributed by atoms with Gasteiger partial charge >= 0.3 is 0 Å². The quantitative estimate of drug-likeness (QED) is 0.813. The van der Waals surface area contributed by atoms with Gasteiger partial charge in [0.2, 0.25) is 0 Å². The maximum Gasteiger partial charge on any atom is 0.127 e. The van der Waals surface area contributed by atoms with E-state index in [1.165, 1.54) is 25.7 Å². The highest BCUT2D eigenvalue weighted by Crippen LogP contribution is 2.13. The van der Waals surface area contributed by atoms with Crippen LogP contribution in [-0.2, 0) is 6.54 Å². The summed E-state index contributed by atoms with van der Waals surface area (Å²) >= 11 is 0. The van der Waals surface area contributed by atoms with E-state index in [2.05, 4.69) is 17.1 Å². The van der Waals surface area contributed by atoms with Crippen LogP contribution in [0.1, 0.15) is 38.2 Å². The summed E-state index contributed by atoms with van der Waals surface area (Å²) in [6.45, 7) is 6.16. The van der Waals surface area contributed by atoms with Crippen LogP contribution in [0.3, 0.4) is 0 Å². The first-order chi connectivity index (χ1) is 9.29. The average molecular weight is 264 g/mol. The number of unbranched alkanes of at least 4 members (excludes halogenated alkanes) is 1. The molecule has 19 heavy (non-hydrogen) atoms. The van der Waals surface area contributed by atoms with Crippen LogP contribution in [-0.4, -0.2) is 30.6 Å². The molecule has 1 heterocycles. The van der Waals surface area contributed by atoms with Crippen LogP contribution in [0.15, 0.2) is 24.3 Å². The minimum atomic E-state index is -0.0802. The molecule has 0 aliphatic carbocycles. The second kappa shape index (κ2) is 7.61. The Kier molecular flexibility index (Phi) is 5.80. The first kappa shape index (κ1) is 14.5. The van der Waals surface area contributed by atoms with Gasteiger partial charge in [-0.2, -0.15) is 0 Å². The van der Waals surface area contributed by atoms with E-state index in [-0.39, 0.29) is 5.82 Å². The summed E-state index contributed by atoms with van der Waals surface area (Å²) in [6, 6.07) is 7.72. The Morgan fingerprint density at radius 2 is 2.21 bits per heavy atom. The molecule has 2 nitrogen and oxygen atoms in total. The van der Waals surface area contributed by atoms with E-state index in [0.29, 0.717) is 6.04 Å². The molecule has 1 aromatic rings. The Morgan fingerprint density at radius 3 is 2.89 bits per heavy atom. The topological polar surface area (TPSA) is 15.3 Å². The van der Waals surface area contributed by atoms with Crippen LogP contribution in [0, 0.1) is 5.82 Å². The fourth-order valence-corrected chi connectivity index (χ4v) is 2.71. The highest BCUT2D eigenvalue weighted by Gasteiger charge is 2.18. The molecule has 0 aromatic heterocycles. The van der Waals surface area contributed by atoms with Gasteiger partial charge < -0.3 is 5.32 Å². The number of nitrogens with zero attached hydrogens (tertiary/aromatic N) is 1. The van der Waals surface area contributed by atoms with Gasteiger partial charge in [0, 0.05) is 24.7 Å². The third kappa shape index (κ3) is 4.59. The summed E-state index contributed by atoms with van der Waals surface area (Å²) in [6.07, 6.45) is 4.89. The number of hydrogen-bond donors (Lipinski definition) is 1. The Morgan fingerprint density at radius 1 is 1.37 bits per heavy atom. The molecule has 1 saturated heterocycles. The standard InChI is InChI=1S/C16H25FN2/c1-2-3-11-19(13-15-8-6-10-18-15)12-14-7-4-5-9-16(14)17/h4-5,7,9,15,18H,2-3,6,8,10-13H2,1H3. The first-order valence-corrected chi connectivity index (χ1v) is 7.48. The highest BCUT2D eigenvalue weighted by molar-refractivity contribution is 5.17. The van der Waals surface area contributed by atoms with Crippen LogP contribution in [0.4, 0.5) is 4.39 Å². The molecular formula is C16H25FN2. The third-order valence-electron chi connectivity index (χ3n) is 3.82. The largest absolute Gasteiger partial charge is 0.313 e. The van der Waals surface area contributed by atoms with Crippen LogP contribution < -0.4 is 5.32 Å². The Bertz CT molecular complexity index is 375. The van der Waals surface area contributed by atoms with Gasteiger partial charge in [-0.15, -0.1) is 0 Å². The van der Waals surface area contributed by atoms with Gasteiger partial charge in [0.1, 0.15) is 5.82 Å². The Hall–Kier alpha value is -0.930. The zero-order valence-electron chi connectivity index (χ0n) is 11.9. The first-order valence-electron chi connectivity index (χ1n) is 7.48. The molecule has 0 saturated carbocycles. The van der Waals surface area contributed by atoms with Gasteiger partial charge in [0.25, 0.3) is 0 Å². The lowest BCUT2D eigenvalue weighted by Crippen LogP contribution is -2.37. The molecular weight excluding hydrogens is 239 g/mol. The van der Waals surface area contributed by atoms with E-state index in [0.717, 1.165) is 31.7 Å². The van der Waals surface area contributed by atoms with Crippen LogP contribution >= 0.6 is 0 Å². The molecule has 1 fully saturated rings. The summed E-state index contributed by atoms with van der Waals surface area (Å²) in [7, 11) is 0. The summed E-state index contributed by atoms with van der Waals surface area (Å²) in [5, 5.41) is 3.53. The van der Waals surface area contributed by atoms with Crippen LogP contribution in [0.25, 0.3) is 0 Å². The van der Waals surface area contributed by atoms with Crippen LogP contribution in [0.5, 0.6) is 0 Å². The third-order valence-corrected chi connectivity index (χ3v) is 3.82. The number of benzene rings is 1. The van der Waals surface area contributed by atoms with Gasteiger partial charge in [0.15, 0.2) is 0 Å². The van der Waals surface area contributed by atoms with E-state index in [9.17, 15) is 4.39 Å². The molecule has 2 rings (SSSR count). The molecule has 1 unspecified atom stereocenters. The number of hydrogen-bond acceptors (Lipinski definition) is 2. The van der Waals surface area contributed by atoms with Crippen molar-refractivity contribution in [2.45, 2.75) is 45.2 Å². The second-order valence-electron chi connectivity index (χ2n) is 5.47. The lowest BCUT2D eigenvalue weighted by atomic mass is 10.1. The molecule has 106 valence electrons. The fourth-order valence-electron chi connectivity index (χ4n) is 2.71. The minimum Gasteiger partial charge on any atom is -0.313 e. The molecule has 1 aliphatic heterocycles. The van der Waals surface area contributed by atoms with Crippen LogP contribution in [0.2, 0.25) is 0 Å². The molecule has 1 aromatic carbocycles. The van der Waals surface area contributed by atoms with Gasteiger partial charge in [0.05, 0.1) is 0 Å². The van der Waals surface area contributed by atoms with Crippen molar-refractivity contribution in [2.24, 2.45) is 0 Å². The molecule has 0 spiro atoms. The number of rotatable bonds is 7. The van der Waals surface area contributed by atoms with E-state index < -0.39 is 0 Å². The van der Waals surface area contributed by atoms with Crippen molar-refractivity contribution in [1.29, 1.82) is 0 Å². The Labute approximate surface area is 116 Å². The lowest BCUT2D eigenvalue weighted by molar-refractivity contribution is 0.235. The summed E-state index contributed by atoms with van der Waals surface area (Å²) in [4.78, 5) is 2.39. The highest BCUT2D eigenvalue weighted by atomic mass is 19.1. The Balaban J connectivity index is 1.94. The van der Waals surface area contributed by atoms with Crippen molar-refractivity contribution in [3.63, 3.8) is 0 Å². The van der Waals surface area contributed by atoms with Crippen molar-refractivity contribution in [3.8, 4) is 0 Å². The van der Waals surface area contributed by atoms with Gasteiger partial charge in [-0.05, 0) is 38.4 Å². The summed E-state index contributed by atoms with van der Waals surface area (Å²) in [5.41, 5.74) is 0.816. The maximum atomic E-state index is 13.7. The van der Waals surface area contributed by atoms with Crippen molar-refractivity contribution in [3.05, 3.63) is 35.6 Å². The predicted molar refractivity (Wildman–Crippen MR) is 77.6 cm³/mol. The van der Waals surface area contributed by atoms with E-state index in [1.54, 1.807) is 12.1 Å². The fraction of sp³-hybridized carbons (Fsp3) is 0.625. The SMILES string of the molecule is CCCCN(Cc1ccccc1F)CC1CCCN1. The molecule has 1 atom stereocenters. The molecule has 1 aliphatic rings. The average Bonchev–Trinajstić information content (AvgIpc) is 2.91. The number of halogens is 1. The van der Waals surface area contributed by atoms with E-state index >= 15 is 0 Å². The maximum absolute atomic E-state index is 13.7. The van der Waals surface area contributed by atoms with Gasteiger partial charge in [-0.1, -0.05) is 31.5 Å². The van der Waals surface area contributed by atoms with Crippen molar-refractivity contribution < 1.29 is 4.39 Å². The molecule has 3 heteroatoms. The van der Waals surface area contributed by atoms with Gasteiger partial charge in [-0.3, -0.25) is 4.90 Å². The van der Waals surface area contributed by atoms with Crippen molar-refractivity contribution in [2.75, 3.05) is 19.6 Å². The van der Waals surface area contributed by atoms with Crippen molar-refractivity contribution in [1.82, 2.24) is 10.2 Å². The van der Waals surface area contributed by atoms with Gasteiger partial charge in [-0.25, -0.2) is 4.39 Å². The normalized spacial score (nSPS) is 19.2.